The molecule has 2 aliphatic heterocycles. The van der Waals surface area contributed by atoms with Gasteiger partial charge >= 0.3 is 6.18 Å². The molecule has 0 radical (unpaired) electrons. The van der Waals surface area contributed by atoms with Gasteiger partial charge in [0.2, 0.25) is 0 Å². The van der Waals surface area contributed by atoms with Crippen LogP contribution in [0, 0.1) is 17.6 Å². The Morgan fingerprint density at radius 3 is 2.34 bits per heavy atom. The van der Waals surface area contributed by atoms with Crippen molar-refractivity contribution >= 4 is 19.7 Å². The molecule has 2 heterocycles. The van der Waals surface area contributed by atoms with E-state index >= 15 is 0 Å². The number of fused-ring (bicyclic) bond motifs is 1. The summed E-state index contributed by atoms with van der Waals surface area (Å²) in [7, 11) is 0.948. The Balaban J connectivity index is 1.75. The molecule has 2 aromatic carbocycles. The summed E-state index contributed by atoms with van der Waals surface area (Å²) < 4.78 is 97.3. The Hall–Kier alpha value is -1.91. The van der Waals surface area contributed by atoms with E-state index in [1.54, 1.807) is 0 Å². The molecule has 0 N–H and O–H groups in total. The summed E-state index contributed by atoms with van der Waals surface area (Å²) in [6.07, 6.45) is -4.36. The molecule has 11 heteroatoms. The van der Waals surface area contributed by atoms with Crippen LogP contribution in [0.2, 0.25) is 0 Å². The van der Waals surface area contributed by atoms with E-state index in [4.69, 9.17) is 15.4 Å². The van der Waals surface area contributed by atoms with Gasteiger partial charge in [0.05, 0.1) is 12.5 Å². The fourth-order valence-corrected chi connectivity index (χ4v) is 5.46. The molecule has 1 unspecified atom stereocenters. The molecule has 0 bridgehead atoms. The Labute approximate surface area is 186 Å². The van der Waals surface area contributed by atoms with Crippen LogP contribution >= 0.6 is 10.7 Å². The van der Waals surface area contributed by atoms with Crippen molar-refractivity contribution in [3.8, 4) is 5.75 Å². The summed E-state index contributed by atoms with van der Waals surface area (Å²) >= 11 is 0. The van der Waals surface area contributed by atoms with Gasteiger partial charge in [-0.05, 0) is 43.1 Å². The highest BCUT2D eigenvalue weighted by molar-refractivity contribution is 8.13. The molecular formula is C21H19ClF5NO3S. The smallest absolute Gasteiger partial charge is 0.391 e. The van der Waals surface area contributed by atoms with E-state index in [-0.39, 0.29) is 31.7 Å². The highest BCUT2D eigenvalue weighted by atomic mass is 35.7. The van der Waals surface area contributed by atoms with E-state index in [2.05, 4.69) is 0 Å². The number of benzene rings is 2. The molecule has 3 atom stereocenters. The summed E-state index contributed by atoms with van der Waals surface area (Å²) in [6, 6.07) is 6.13. The zero-order chi connectivity index (χ0) is 23.3. The molecule has 1 fully saturated rings. The Morgan fingerprint density at radius 1 is 1.03 bits per heavy atom. The number of hydrogen-bond donors (Lipinski definition) is 0. The molecule has 32 heavy (non-hydrogen) atoms. The lowest BCUT2D eigenvalue weighted by Gasteiger charge is -2.46. The first-order chi connectivity index (χ1) is 14.9. The summed E-state index contributed by atoms with van der Waals surface area (Å²) in [5.41, 5.74) is 0.865. The third-order valence-corrected chi connectivity index (χ3v) is 7.43. The second-order valence-corrected chi connectivity index (χ2v) is 10.5. The van der Waals surface area contributed by atoms with Gasteiger partial charge in [0.25, 0.3) is 9.05 Å². The SMILES string of the molecule is O=S(=O)(Cl)c1cc2c(cc1F)C(N1CC[C@@H](C(F)(F)F)C[C@H]1c1ccc(F)cc1)CCO2. The first kappa shape index (κ1) is 23.3. The number of alkyl halides is 3. The molecule has 2 aromatic rings. The normalized spacial score (nSPS) is 24.6. The van der Waals surface area contributed by atoms with Crippen molar-refractivity contribution in [3.63, 3.8) is 0 Å². The van der Waals surface area contributed by atoms with Crippen LogP contribution in [0.4, 0.5) is 22.0 Å². The van der Waals surface area contributed by atoms with Crippen LogP contribution < -0.4 is 4.74 Å². The molecule has 2 aliphatic rings. The van der Waals surface area contributed by atoms with Gasteiger partial charge in [0.15, 0.2) is 0 Å². The minimum absolute atomic E-state index is 0.0769. The Kier molecular flexibility index (Phi) is 6.15. The predicted octanol–water partition coefficient (Wildman–Crippen LogP) is 5.73. The molecule has 0 spiro atoms. The summed E-state index contributed by atoms with van der Waals surface area (Å²) in [6.45, 7) is 0.244. The van der Waals surface area contributed by atoms with Crippen molar-refractivity contribution in [2.45, 2.75) is 42.4 Å². The molecule has 0 amide bonds. The number of piperidine rings is 1. The van der Waals surface area contributed by atoms with Crippen molar-refractivity contribution in [3.05, 3.63) is 59.2 Å². The maximum absolute atomic E-state index is 14.6. The van der Waals surface area contributed by atoms with Gasteiger partial charge in [0, 0.05) is 40.8 Å². The van der Waals surface area contributed by atoms with Crippen LogP contribution in [0.25, 0.3) is 0 Å². The Bertz CT molecular complexity index is 1110. The zero-order valence-electron chi connectivity index (χ0n) is 16.6. The molecule has 1 saturated heterocycles. The number of likely N-dealkylation sites (tertiary alicyclic amines) is 1. The van der Waals surface area contributed by atoms with E-state index in [0.717, 1.165) is 12.1 Å². The topological polar surface area (TPSA) is 46.6 Å². The van der Waals surface area contributed by atoms with E-state index in [1.807, 2.05) is 4.90 Å². The molecule has 0 saturated carbocycles. The van der Waals surface area contributed by atoms with Gasteiger partial charge in [0.1, 0.15) is 22.3 Å². The average molecular weight is 496 g/mol. The summed E-state index contributed by atoms with van der Waals surface area (Å²) in [5.74, 6) is -2.96. The molecular weight excluding hydrogens is 477 g/mol. The van der Waals surface area contributed by atoms with E-state index in [1.165, 1.54) is 24.3 Å². The minimum atomic E-state index is -4.37. The maximum atomic E-state index is 14.6. The van der Waals surface area contributed by atoms with E-state index in [0.29, 0.717) is 17.5 Å². The third-order valence-electron chi connectivity index (χ3n) is 6.10. The predicted molar refractivity (Wildman–Crippen MR) is 107 cm³/mol. The van der Waals surface area contributed by atoms with Crippen LogP contribution in [-0.4, -0.2) is 32.6 Å². The Morgan fingerprint density at radius 2 is 1.72 bits per heavy atom. The molecule has 174 valence electrons. The number of nitrogens with zero attached hydrogens (tertiary/aromatic N) is 1. The van der Waals surface area contributed by atoms with Crippen molar-refractivity contribution in [1.82, 2.24) is 4.90 Å². The fourth-order valence-electron chi connectivity index (χ4n) is 4.57. The lowest BCUT2D eigenvalue weighted by molar-refractivity contribution is -0.192. The number of halogens is 6. The van der Waals surface area contributed by atoms with Crippen LogP contribution in [0.5, 0.6) is 5.75 Å². The van der Waals surface area contributed by atoms with E-state index in [9.17, 15) is 30.4 Å². The van der Waals surface area contributed by atoms with Gasteiger partial charge in [-0.15, -0.1) is 0 Å². The van der Waals surface area contributed by atoms with Crippen LogP contribution in [0.15, 0.2) is 41.3 Å². The first-order valence-corrected chi connectivity index (χ1v) is 12.2. The van der Waals surface area contributed by atoms with Crippen LogP contribution in [-0.2, 0) is 9.05 Å². The van der Waals surface area contributed by atoms with Gasteiger partial charge in [-0.25, -0.2) is 17.2 Å². The number of hydrogen-bond acceptors (Lipinski definition) is 4. The van der Waals surface area contributed by atoms with Crippen molar-refractivity contribution in [1.29, 1.82) is 0 Å². The molecule has 0 aliphatic carbocycles. The largest absolute Gasteiger partial charge is 0.493 e. The minimum Gasteiger partial charge on any atom is -0.493 e. The van der Waals surface area contributed by atoms with Crippen LogP contribution in [0.3, 0.4) is 0 Å². The standard InChI is InChI=1S/C21H19ClF5NO3S/c22-32(29,30)20-11-19-15(10-16(20)24)17(6-8-31-19)28-7-5-13(21(25,26)27)9-18(28)12-1-3-14(23)4-2-12/h1-4,10-11,13,17-18H,5-9H2/t13-,17?,18+/m1/s1. The van der Waals surface area contributed by atoms with Gasteiger partial charge < -0.3 is 4.74 Å². The second-order valence-electron chi connectivity index (χ2n) is 7.98. The van der Waals surface area contributed by atoms with Crippen molar-refractivity contribution < 1.29 is 35.1 Å². The van der Waals surface area contributed by atoms with Crippen molar-refractivity contribution in [2.75, 3.05) is 13.2 Å². The second kappa shape index (κ2) is 8.46. The lowest BCUT2D eigenvalue weighted by Crippen LogP contribution is -2.44. The van der Waals surface area contributed by atoms with Gasteiger partial charge in [-0.2, -0.15) is 13.2 Å². The fraction of sp³-hybridized carbons (Fsp3) is 0.429. The molecule has 4 nitrogen and oxygen atoms in total. The van der Waals surface area contributed by atoms with Gasteiger partial charge in [-0.3, -0.25) is 4.90 Å². The van der Waals surface area contributed by atoms with Crippen LogP contribution in [0.1, 0.15) is 42.5 Å². The highest BCUT2D eigenvalue weighted by Crippen LogP contribution is 2.48. The van der Waals surface area contributed by atoms with Crippen molar-refractivity contribution in [2.24, 2.45) is 5.92 Å². The number of rotatable bonds is 3. The quantitative estimate of drug-likeness (QED) is 0.403. The summed E-state index contributed by atoms with van der Waals surface area (Å²) in [4.78, 5) is 1.12. The molecule has 0 aromatic heterocycles. The summed E-state index contributed by atoms with van der Waals surface area (Å²) in [5, 5.41) is 0. The molecule has 4 rings (SSSR count). The first-order valence-electron chi connectivity index (χ1n) is 9.94. The third kappa shape index (κ3) is 4.58. The zero-order valence-corrected chi connectivity index (χ0v) is 18.2. The highest BCUT2D eigenvalue weighted by Gasteiger charge is 2.46. The monoisotopic (exact) mass is 495 g/mol. The average Bonchev–Trinajstić information content (AvgIpc) is 2.71. The number of ether oxygens (including phenoxy) is 1. The lowest BCUT2D eigenvalue weighted by atomic mass is 9.84. The van der Waals surface area contributed by atoms with Gasteiger partial charge in [-0.1, -0.05) is 12.1 Å². The van der Waals surface area contributed by atoms with E-state index < -0.39 is 49.8 Å². The maximum Gasteiger partial charge on any atom is 0.391 e.